The Bertz CT molecular complexity index is 579. The number of likely N-dealkylation sites (N-methyl/N-ethyl adjacent to an activating group) is 1. The minimum Gasteiger partial charge on any atom is -0.380 e. The molecule has 144 valence electrons. The molecular formula is C20H32N4O2. The second-order valence-corrected chi connectivity index (χ2v) is 7.60. The third kappa shape index (κ3) is 5.43. The third-order valence-corrected chi connectivity index (χ3v) is 5.50. The summed E-state index contributed by atoms with van der Waals surface area (Å²) in [5.74, 6) is 0.715. The van der Waals surface area contributed by atoms with Crippen molar-refractivity contribution in [3.05, 3.63) is 29.8 Å². The number of carbonyl (C=O) groups excluding carboxylic acids is 1. The summed E-state index contributed by atoms with van der Waals surface area (Å²) in [5, 5.41) is 3.03. The predicted octanol–water partition coefficient (Wildman–Crippen LogP) is 2.32. The molecule has 3 rings (SSSR count). The number of amides is 2. The smallest absolute Gasteiger partial charge is 0.321 e. The first-order chi connectivity index (χ1) is 12.6. The predicted molar refractivity (Wildman–Crippen MR) is 104 cm³/mol. The molecule has 0 spiro atoms. The van der Waals surface area contributed by atoms with Gasteiger partial charge in [0.2, 0.25) is 0 Å². The van der Waals surface area contributed by atoms with Crippen LogP contribution in [0.1, 0.15) is 18.4 Å². The first-order valence-electron chi connectivity index (χ1n) is 9.69. The number of hydrogen-bond donors (Lipinski definition) is 1. The highest BCUT2D eigenvalue weighted by Gasteiger charge is 2.25. The highest BCUT2D eigenvalue weighted by atomic mass is 16.5. The molecule has 26 heavy (non-hydrogen) atoms. The lowest BCUT2D eigenvalue weighted by molar-refractivity contribution is 0.113. The molecule has 2 fully saturated rings. The Kier molecular flexibility index (Phi) is 6.88. The van der Waals surface area contributed by atoms with Crippen LogP contribution in [0, 0.1) is 5.92 Å². The van der Waals surface area contributed by atoms with Crippen LogP contribution in [0.5, 0.6) is 0 Å². The Morgan fingerprint density at radius 1 is 1.15 bits per heavy atom. The van der Waals surface area contributed by atoms with Crippen molar-refractivity contribution in [2.24, 2.45) is 5.92 Å². The fraction of sp³-hybridized carbons (Fsp3) is 0.650. The number of methoxy groups -OCH3 is 1. The summed E-state index contributed by atoms with van der Waals surface area (Å²) in [6, 6.07) is 7.87. The number of hydrogen-bond acceptors (Lipinski definition) is 4. The zero-order valence-corrected chi connectivity index (χ0v) is 16.1. The second kappa shape index (κ2) is 9.35. The number of likely N-dealkylation sites (tertiary alicyclic amines) is 1. The second-order valence-electron chi connectivity index (χ2n) is 7.60. The molecule has 1 aromatic rings. The molecule has 2 aliphatic heterocycles. The summed E-state index contributed by atoms with van der Waals surface area (Å²) in [6.45, 7) is 8.13. The van der Waals surface area contributed by atoms with Crippen molar-refractivity contribution in [3.8, 4) is 0 Å². The zero-order valence-electron chi connectivity index (χ0n) is 16.1. The number of carbonyl (C=O) groups is 1. The van der Waals surface area contributed by atoms with Gasteiger partial charge < -0.3 is 24.8 Å². The molecular weight excluding hydrogens is 328 g/mol. The summed E-state index contributed by atoms with van der Waals surface area (Å²) in [5.41, 5.74) is 1.90. The van der Waals surface area contributed by atoms with E-state index in [1.165, 1.54) is 32.7 Å². The molecule has 2 heterocycles. The fourth-order valence-corrected chi connectivity index (χ4v) is 3.82. The van der Waals surface area contributed by atoms with Gasteiger partial charge in [0.25, 0.3) is 0 Å². The maximum Gasteiger partial charge on any atom is 0.321 e. The van der Waals surface area contributed by atoms with Crippen LogP contribution in [0.15, 0.2) is 24.3 Å². The van der Waals surface area contributed by atoms with Gasteiger partial charge in [-0.1, -0.05) is 12.1 Å². The number of piperidine rings is 1. The quantitative estimate of drug-likeness (QED) is 0.876. The molecule has 0 bridgehead atoms. The Morgan fingerprint density at radius 2 is 1.88 bits per heavy atom. The van der Waals surface area contributed by atoms with Crippen molar-refractivity contribution in [2.75, 3.05) is 65.3 Å². The number of anilines is 1. The van der Waals surface area contributed by atoms with Gasteiger partial charge in [-0.3, -0.25) is 0 Å². The van der Waals surface area contributed by atoms with Gasteiger partial charge in [-0.2, -0.15) is 0 Å². The van der Waals surface area contributed by atoms with Crippen molar-refractivity contribution in [2.45, 2.75) is 19.4 Å². The number of nitrogens with one attached hydrogen (secondary N) is 1. The lowest BCUT2D eigenvalue weighted by Crippen LogP contribution is -2.48. The highest BCUT2D eigenvalue weighted by molar-refractivity contribution is 5.89. The zero-order chi connectivity index (χ0) is 18.4. The van der Waals surface area contributed by atoms with Crippen molar-refractivity contribution in [1.82, 2.24) is 14.7 Å². The van der Waals surface area contributed by atoms with E-state index in [1.807, 2.05) is 29.2 Å². The van der Waals surface area contributed by atoms with Crippen LogP contribution in [0.25, 0.3) is 0 Å². The van der Waals surface area contributed by atoms with E-state index >= 15 is 0 Å². The van der Waals surface area contributed by atoms with Gasteiger partial charge in [-0.15, -0.1) is 0 Å². The molecule has 1 aromatic carbocycles. The maximum absolute atomic E-state index is 12.5. The Balaban J connectivity index is 1.42. The summed E-state index contributed by atoms with van der Waals surface area (Å²) >= 11 is 0. The minimum absolute atomic E-state index is 0.0117. The number of urea groups is 1. The monoisotopic (exact) mass is 360 g/mol. The molecule has 0 aromatic heterocycles. The molecule has 0 radical (unpaired) electrons. The number of rotatable bonds is 5. The van der Waals surface area contributed by atoms with Crippen LogP contribution < -0.4 is 5.32 Å². The maximum atomic E-state index is 12.5. The number of piperazine rings is 1. The van der Waals surface area contributed by atoms with Crippen LogP contribution in [-0.4, -0.2) is 80.7 Å². The average molecular weight is 361 g/mol. The molecule has 6 heteroatoms. The Hall–Kier alpha value is -1.63. The molecule has 0 unspecified atom stereocenters. The van der Waals surface area contributed by atoms with Gasteiger partial charge in [0.1, 0.15) is 0 Å². The van der Waals surface area contributed by atoms with Crippen molar-refractivity contribution >= 4 is 11.7 Å². The van der Waals surface area contributed by atoms with E-state index < -0.39 is 0 Å². The molecule has 6 nitrogen and oxygen atoms in total. The topological polar surface area (TPSA) is 48.1 Å². The molecule has 2 saturated heterocycles. The SMILES string of the molecule is COCc1cccc(NC(=O)N2CCC(CN3CCN(C)CC3)CC2)c1. The van der Waals surface area contributed by atoms with Crippen LogP contribution in [-0.2, 0) is 11.3 Å². The van der Waals surface area contributed by atoms with Crippen LogP contribution >= 0.6 is 0 Å². The Morgan fingerprint density at radius 3 is 2.58 bits per heavy atom. The van der Waals surface area contributed by atoms with Crippen molar-refractivity contribution < 1.29 is 9.53 Å². The summed E-state index contributed by atoms with van der Waals surface area (Å²) in [7, 11) is 3.87. The normalized spacial score (nSPS) is 20.3. The average Bonchev–Trinajstić information content (AvgIpc) is 2.65. The van der Waals surface area contributed by atoms with Gasteiger partial charge in [-0.05, 0) is 43.5 Å². The summed E-state index contributed by atoms with van der Waals surface area (Å²) in [4.78, 5) is 19.5. The van der Waals surface area contributed by atoms with E-state index in [1.54, 1.807) is 7.11 Å². The van der Waals surface area contributed by atoms with Gasteiger partial charge in [-0.25, -0.2) is 4.79 Å². The van der Waals surface area contributed by atoms with Gasteiger partial charge >= 0.3 is 6.03 Å². The van der Waals surface area contributed by atoms with Gasteiger partial charge in [0, 0.05) is 58.6 Å². The number of nitrogens with zero attached hydrogens (tertiary/aromatic N) is 3. The van der Waals surface area contributed by atoms with E-state index in [0.29, 0.717) is 12.5 Å². The fourth-order valence-electron chi connectivity index (χ4n) is 3.82. The first kappa shape index (κ1) is 19.1. The van der Waals surface area contributed by atoms with Crippen LogP contribution in [0.4, 0.5) is 10.5 Å². The summed E-state index contributed by atoms with van der Waals surface area (Å²) < 4.78 is 5.15. The largest absolute Gasteiger partial charge is 0.380 e. The Labute approximate surface area is 157 Å². The van der Waals surface area contributed by atoms with E-state index in [9.17, 15) is 4.79 Å². The molecule has 2 amide bonds. The highest BCUT2D eigenvalue weighted by Crippen LogP contribution is 2.20. The molecule has 0 atom stereocenters. The van der Waals surface area contributed by atoms with Gasteiger partial charge in [0.15, 0.2) is 0 Å². The first-order valence-corrected chi connectivity index (χ1v) is 9.69. The van der Waals surface area contributed by atoms with Crippen LogP contribution in [0.2, 0.25) is 0 Å². The molecule has 2 aliphatic rings. The van der Waals surface area contributed by atoms with E-state index in [-0.39, 0.29) is 6.03 Å². The van der Waals surface area contributed by atoms with Gasteiger partial charge in [0.05, 0.1) is 6.61 Å². The van der Waals surface area contributed by atoms with Crippen molar-refractivity contribution in [3.63, 3.8) is 0 Å². The molecule has 0 aliphatic carbocycles. The third-order valence-electron chi connectivity index (χ3n) is 5.50. The lowest BCUT2D eigenvalue weighted by Gasteiger charge is -2.37. The lowest BCUT2D eigenvalue weighted by atomic mass is 9.96. The van der Waals surface area contributed by atoms with E-state index in [2.05, 4.69) is 22.2 Å². The number of ether oxygens (including phenoxy) is 1. The summed E-state index contributed by atoms with van der Waals surface area (Å²) in [6.07, 6.45) is 2.20. The minimum atomic E-state index is 0.0117. The molecule has 1 N–H and O–H groups in total. The molecule has 0 saturated carbocycles. The van der Waals surface area contributed by atoms with E-state index in [4.69, 9.17) is 4.74 Å². The number of benzene rings is 1. The van der Waals surface area contributed by atoms with Crippen LogP contribution in [0.3, 0.4) is 0 Å². The standard InChI is InChI=1S/C20H32N4O2/c1-22-10-12-23(13-11-22)15-17-6-8-24(9-7-17)20(25)21-19-5-3-4-18(14-19)16-26-2/h3-5,14,17H,6-13,15-16H2,1-2H3,(H,21,25). The van der Waals surface area contributed by atoms with Crippen molar-refractivity contribution in [1.29, 1.82) is 0 Å². The van der Waals surface area contributed by atoms with E-state index in [0.717, 1.165) is 37.2 Å².